The van der Waals surface area contributed by atoms with Crippen LogP contribution in [0.5, 0.6) is 0 Å². The average Bonchev–Trinajstić information content (AvgIpc) is 2.41. The highest BCUT2D eigenvalue weighted by Crippen LogP contribution is 2.40. The first-order valence-electron chi connectivity index (χ1n) is 8.02. The van der Waals surface area contributed by atoms with Crippen LogP contribution >= 0.6 is 0 Å². The lowest BCUT2D eigenvalue weighted by molar-refractivity contribution is -0.404. The fourth-order valence-corrected chi connectivity index (χ4v) is 3.29. The van der Waals surface area contributed by atoms with Crippen LogP contribution in [-0.4, -0.2) is 21.1 Å². The van der Waals surface area contributed by atoms with Gasteiger partial charge < -0.3 is 4.84 Å². The molecule has 0 N–H and O–H groups in total. The van der Waals surface area contributed by atoms with Gasteiger partial charge in [-0.15, -0.1) is 5.06 Å². The van der Waals surface area contributed by atoms with Crippen molar-refractivity contribution in [2.75, 3.05) is 0 Å². The number of nitrogens with zero attached hydrogens (tertiary/aromatic N) is 2. The summed E-state index contributed by atoms with van der Waals surface area (Å²) in [6.45, 7) is 10.5. The van der Waals surface area contributed by atoms with Gasteiger partial charge in [-0.1, -0.05) is 29.8 Å². The SMILES string of the molecule is Cc1ccc(/C(=C\[N+](=O)[O-])ON2C(C)(C)CCCC2(C)C)cc1. The van der Waals surface area contributed by atoms with E-state index in [1.807, 2.05) is 36.3 Å². The van der Waals surface area contributed by atoms with Crippen LogP contribution in [0.1, 0.15) is 58.1 Å². The summed E-state index contributed by atoms with van der Waals surface area (Å²) in [5.74, 6) is 0.276. The fraction of sp³-hybridized carbons (Fsp3) is 0.556. The molecule has 0 saturated carbocycles. The molecule has 1 aliphatic heterocycles. The van der Waals surface area contributed by atoms with Crippen LogP contribution in [-0.2, 0) is 4.84 Å². The molecular weight excluding hydrogens is 292 g/mol. The third-order valence-corrected chi connectivity index (χ3v) is 4.43. The van der Waals surface area contributed by atoms with Gasteiger partial charge >= 0.3 is 0 Å². The second-order valence-electron chi connectivity index (χ2n) is 7.51. The molecule has 0 atom stereocenters. The van der Waals surface area contributed by atoms with Gasteiger partial charge in [0.25, 0.3) is 6.20 Å². The van der Waals surface area contributed by atoms with E-state index in [4.69, 9.17) is 4.84 Å². The number of aryl methyl sites for hydroxylation is 1. The van der Waals surface area contributed by atoms with Crippen molar-refractivity contribution < 1.29 is 9.76 Å². The second-order valence-corrected chi connectivity index (χ2v) is 7.51. The molecule has 2 rings (SSSR count). The van der Waals surface area contributed by atoms with E-state index in [2.05, 4.69) is 27.7 Å². The summed E-state index contributed by atoms with van der Waals surface area (Å²) < 4.78 is 0. The highest BCUT2D eigenvalue weighted by atomic mass is 16.7. The first kappa shape index (κ1) is 17.5. The second kappa shape index (κ2) is 6.32. The van der Waals surface area contributed by atoms with Crippen molar-refractivity contribution >= 4 is 5.76 Å². The molecule has 1 aromatic rings. The van der Waals surface area contributed by atoms with E-state index >= 15 is 0 Å². The van der Waals surface area contributed by atoms with E-state index in [0.29, 0.717) is 5.56 Å². The minimum absolute atomic E-state index is 0.178. The van der Waals surface area contributed by atoms with Crippen molar-refractivity contribution in [1.29, 1.82) is 0 Å². The maximum absolute atomic E-state index is 11.0. The molecule has 5 nitrogen and oxygen atoms in total. The van der Waals surface area contributed by atoms with Gasteiger partial charge in [-0.3, -0.25) is 10.1 Å². The lowest BCUT2D eigenvalue weighted by Crippen LogP contribution is -2.57. The van der Waals surface area contributed by atoms with Gasteiger partial charge in [0.05, 0.1) is 16.0 Å². The molecule has 1 heterocycles. The molecule has 1 aromatic carbocycles. The molecule has 0 unspecified atom stereocenters. The third-order valence-electron chi connectivity index (χ3n) is 4.43. The molecule has 1 fully saturated rings. The van der Waals surface area contributed by atoms with Crippen molar-refractivity contribution in [1.82, 2.24) is 5.06 Å². The van der Waals surface area contributed by atoms with Gasteiger partial charge in [-0.25, -0.2) is 0 Å². The van der Waals surface area contributed by atoms with Crippen LogP contribution in [0.3, 0.4) is 0 Å². The predicted octanol–water partition coefficient (Wildman–Crippen LogP) is 4.54. The van der Waals surface area contributed by atoms with Gasteiger partial charge in [0.2, 0.25) is 5.76 Å². The van der Waals surface area contributed by atoms with Crippen molar-refractivity contribution in [2.24, 2.45) is 0 Å². The Kier molecular flexibility index (Phi) is 4.80. The molecule has 0 amide bonds. The van der Waals surface area contributed by atoms with Crippen LogP contribution in [0.4, 0.5) is 0 Å². The standard InChI is InChI=1S/C18H26N2O3/c1-14-7-9-15(10-8-14)16(13-19(21)22)23-20-17(2,3)11-6-12-18(20,4)5/h7-10,13H,6,11-12H2,1-5H3/b16-13+. The Bertz CT molecular complexity index is 587. The number of piperidine rings is 1. The maximum atomic E-state index is 11.0. The summed E-state index contributed by atoms with van der Waals surface area (Å²) in [6, 6.07) is 7.57. The van der Waals surface area contributed by atoms with Gasteiger partial charge in [0.1, 0.15) is 0 Å². The fourth-order valence-electron chi connectivity index (χ4n) is 3.29. The smallest absolute Gasteiger partial charge is 0.279 e. The van der Waals surface area contributed by atoms with E-state index in [0.717, 1.165) is 31.0 Å². The topological polar surface area (TPSA) is 55.6 Å². The predicted molar refractivity (Wildman–Crippen MR) is 91.1 cm³/mol. The Morgan fingerprint density at radius 2 is 1.70 bits per heavy atom. The summed E-state index contributed by atoms with van der Waals surface area (Å²) in [5.41, 5.74) is 1.46. The number of hydroxylamine groups is 2. The summed E-state index contributed by atoms with van der Waals surface area (Å²) in [5, 5.41) is 13.0. The number of nitro groups is 1. The molecule has 5 heteroatoms. The van der Waals surface area contributed by atoms with E-state index in [-0.39, 0.29) is 16.8 Å². The highest BCUT2D eigenvalue weighted by Gasteiger charge is 2.44. The van der Waals surface area contributed by atoms with Gasteiger partial charge in [-0.05, 0) is 53.9 Å². The van der Waals surface area contributed by atoms with Gasteiger partial charge in [0.15, 0.2) is 0 Å². The third kappa shape index (κ3) is 4.10. The average molecular weight is 318 g/mol. The zero-order valence-electron chi connectivity index (χ0n) is 14.6. The molecule has 23 heavy (non-hydrogen) atoms. The summed E-state index contributed by atoms with van der Waals surface area (Å²) >= 11 is 0. The molecule has 0 spiro atoms. The minimum atomic E-state index is -0.459. The monoisotopic (exact) mass is 318 g/mol. The number of benzene rings is 1. The van der Waals surface area contributed by atoms with E-state index in [9.17, 15) is 10.1 Å². The van der Waals surface area contributed by atoms with Gasteiger partial charge in [0, 0.05) is 5.56 Å². The van der Waals surface area contributed by atoms with Crippen LogP contribution in [0, 0.1) is 17.0 Å². The summed E-state index contributed by atoms with van der Waals surface area (Å²) in [6.07, 6.45) is 4.07. The molecule has 0 bridgehead atoms. The van der Waals surface area contributed by atoms with Crippen molar-refractivity contribution in [3.8, 4) is 0 Å². The molecule has 0 aromatic heterocycles. The number of rotatable bonds is 4. The van der Waals surface area contributed by atoms with Crippen molar-refractivity contribution in [3.05, 3.63) is 51.7 Å². The van der Waals surface area contributed by atoms with Crippen LogP contribution in [0.25, 0.3) is 5.76 Å². The van der Waals surface area contributed by atoms with Crippen molar-refractivity contribution in [3.63, 3.8) is 0 Å². The lowest BCUT2D eigenvalue weighted by atomic mass is 9.82. The van der Waals surface area contributed by atoms with Crippen molar-refractivity contribution in [2.45, 2.75) is 65.0 Å². The van der Waals surface area contributed by atoms with E-state index < -0.39 is 4.92 Å². The van der Waals surface area contributed by atoms with E-state index in [1.165, 1.54) is 0 Å². The maximum Gasteiger partial charge on any atom is 0.279 e. The Hall–Kier alpha value is -1.88. The number of hydrogen-bond donors (Lipinski definition) is 0. The minimum Gasteiger partial charge on any atom is -0.398 e. The summed E-state index contributed by atoms with van der Waals surface area (Å²) in [4.78, 5) is 16.7. The van der Waals surface area contributed by atoms with Crippen LogP contribution in [0.2, 0.25) is 0 Å². The summed E-state index contributed by atoms with van der Waals surface area (Å²) in [7, 11) is 0. The normalized spacial score (nSPS) is 21.0. The van der Waals surface area contributed by atoms with E-state index in [1.54, 1.807) is 0 Å². The Balaban J connectivity index is 2.37. The Morgan fingerprint density at radius 3 is 2.17 bits per heavy atom. The molecular formula is C18H26N2O3. The molecule has 0 aliphatic carbocycles. The molecule has 1 aliphatic rings. The van der Waals surface area contributed by atoms with Gasteiger partial charge in [-0.2, -0.15) is 0 Å². The first-order chi connectivity index (χ1) is 10.6. The molecule has 1 saturated heterocycles. The quantitative estimate of drug-likeness (QED) is 0.464. The first-order valence-corrected chi connectivity index (χ1v) is 8.02. The molecule has 126 valence electrons. The molecule has 0 radical (unpaired) electrons. The highest BCUT2D eigenvalue weighted by molar-refractivity contribution is 5.58. The van der Waals surface area contributed by atoms with Crippen LogP contribution in [0.15, 0.2) is 30.5 Å². The zero-order chi connectivity index (χ0) is 17.3. The number of hydrogen-bond acceptors (Lipinski definition) is 4. The van der Waals surface area contributed by atoms with Crippen LogP contribution < -0.4 is 0 Å². The Morgan fingerprint density at radius 1 is 1.17 bits per heavy atom. The largest absolute Gasteiger partial charge is 0.398 e. The lowest BCUT2D eigenvalue weighted by Gasteiger charge is -2.50. The Labute approximate surface area is 138 Å². The zero-order valence-corrected chi connectivity index (χ0v) is 14.6.